The summed E-state index contributed by atoms with van der Waals surface area (Å²) in [6.07, 6.45) is 4.61. The zero-order valence-corrected chi connectivity index (χ0v) is 14.9. The van der Waals surface area contributed by atoms with Crippen LogP contribution < -0.4 is 10.6 Å². The van der Waals surface area contributed by atoms with Crippen molar-refractivity contribution in [2.24, 2.45) is 4.99 Å². The highest BCUT2D eigenvalue weighted by Crippen LogP contribution is 2.30. The van der Waals surface area contributed by atoms with Crippen LogP contribution >= 0.6 is 23.5 Å². The minimum atomic E-state index is -0.594. The van der Waals surface area contributed by atoms with Gasteiger partial charge in [-0.05, 0) is 44.1 Å². The van der Waals surface area contributed by atoms with Crippen LogP contribution in [-0.4, -0.2) is 58.3 Å². The Hall–Kier alpha value is -0.0700. The lowest BCUT2D eigenvalue weighted by atomic mass is 10.1. The summed E-state index contributed by atoms with van der Waals surface area (Å²) in [5.41, 5.74) is -0.594. The first-order valence-electron chi connectivity index (χ1n) is 8.12. The summed E-state index contributed by atoms with van der Waals surface area (Å²) in [6, 6.07) is 0.527. The Labute approximate surface area is 137 Å². The van der Waals surface area contributed by atoms with E-state index in [9.17, 15) is 5.11 Å². The summed E-state index contributed by atoms with van der Waals surface area (Å²) in [7, 11) is 0. The molecule has 3 N–H and O–H groups in total. The largest absolute Gasteiger partial charge is 0.387 e. The summed E-state index contributed by atoms with van der Waals surface area (Å²) in [5, 5.41) is 18.1. The fourth-order valence-electron chi connectivity index (χ4n) is 2.92. The van der Waals surface area contributed by atoms with E-state index in [1.807, 2.05) is 11.8 Å². The molecule has 1 aliphatic carbocycles. The van der Waals surface area contributed by atoms with Gasteiger partial charge in [0.15, 0.2) is 5.96 Å². The molecule has 3 atom stereocenters. The molecule has 3 unspecified atom stereocenters. The summed E-state index contributed by atoms with van der Waals surface area (Å²) >= 11 is 3.90. The molecule has 0 aromatic rings. The monoisotopic (exact) mass is 331 g/mol. The fourth-order valence-corrected chi connectivity index (χ4v) is 5.35. The first-order valence-corrected chi connectivity index (χ1v) is 10.3. The van der Waals surface area contributed by atoms with Gasteiger partial charge >= 0.3 is 0 Å². The fraction of sp³-hybridized carbons (Fsp3) is 0.933. The third-order valence-electron chi connectivity index (χ3n) is 4.09. The molecule has 122 valence electrons. The first-order chi connectivity index (χ1) is 10.1. The van der Waals surface area contributed by atoms with Crippen molar-refractivity contribution in [3.8, 4) is 0 Å². The van der Waals surface area contributed by atoms with Gasteiger partial charge < -0.3 is 15.7 Å². The van der Waals surface area contributed by atoms with Crippen molar-refractivity contribution in [1.82, 2.24) is 10.6 Å². The Morgan fingerprint density at radius 1 is 1.43 bits per heavy atom. The minimum absolute atomic E-state index is 0.509. The molecule has 21 heavy (non-hydrogen) atoms. The van der Waals surface area contributed by atoms with Gasteiger partial charge in [-0.25, -0.2) is 0 Å². The van der Waals surface area contributed by atoms with Crippen LogP contribution in [0.1, 0.15) is 39.5 Å². The van der Waals surface area contributed by atoms with Crippen molar-refractivity contribution in [3.05, 3.63) is 0 Å². The third-order valence-corrected chi connectivity index (χ3v) is 6.55. The normalized spacial score (nSPS) is 33.4. The van der Waals surface area contributed by atoms with E-state index in [1.165, 1.54) is 25.0 Å². The highest BCUT2D eigenvalue weighted by Gasteiger charge is 2.32. The van der Waals surface area contributed by atoms with Gasteiger partial charge in [0.05, 0.1) is 12.1 Å². The van der Waals surface area contributed by atoms with E-state index >= 15 is 0 Å². The lowest BCUT2D eigenvalue weighted by Gasteiger charge is -2.21. The molecule has 0 radical (unpaired) electrons. The van der Waals surface area contributed by atoms with Gasteiger partial charge in [-0.15, -0.1) is 0 Å². The summed E-state index contributed by atoms with van der Waals surface area (Å²) in [4.78, 5) is 4.63. The van der Waals surface area contributed by atoms with Gasteiger partial charge in [0, 0.05) is 23.6 Å². The maximum absolute atomic E-state index is 10.4. The molecule has 0 aromatic heterocycles. The van der Waals surface area contributed by atoms with E-state index in [2.05, 4.69) is 41.2 Å². The van der Waals surface area contributed by atoms with E-state index in [1.54, 1.807) is 0 Å². The minimum Gasteiger partial charge on any atom is -0.387 e. The molecule has 2 rings (SSSR count). The van der Waals surface area contributed by atoms with Crippen LogP contribution in [0, 0.1) is 0 Å². The van der Waals surface area contributed by atoms with Crippen molar-refractivity contribution in [2.45, 2.75) is 56.4 Å². The number of rotatable bonds is 6. The highest BCUT2D eigenvalue weighted by molar-refractivity contribution is 8.00. The summed E-state index contributed by atoms with van der Waals surface area (Å²) in [6.45, 7) is 5.69. The Morgan fingerprint density at radius 2 is 2.29 bits per heavy atom. The maximum atomic E-state index is 10.4. The number of guanidine groups is 1. The second kappa shape index (κ2) is 8.53. The second-order valence-corrected chi connectivity index (χ2v) is 8.64. The van der Waals surface area contributed by atoms with Gasteiger partial charge in [0.25, 0.3) is 0 Å². The molecule has 1 aliphatic heterocycles. The molecule has 0 spiro atoms. The third kappa shape index (κ3) is 5.57. The molecule has 2 aliphatic rings. The number of nitrogens with one attached hydrogen (secondary N) is 2. The predicted octanol–water partition coefficient (Wildman–Crippen LogP) is 2.08. The van der Waals surface area contributed by atoms with Crippen LogP contribution in [0.5, 0.6) is 0 Å². The van der Waals surface area contributed by atoms with E-state index in [0.717, 1.165) is 35.7 Å². The zero-order valence-electron chi connectivity index (χ0n) is 13.2. The van der Waals surface area contributed by atoms with Gasteiger partial charge in [0.2, 0.25) is 0 Å². The molecule has 0 aromatic carbocycles. The highest BCUT2D eigenvalue weighted by atomic mass is 32.2. The van der Waals surface area contributed by atoms with Crippen LogP contribution in [0.4, 0.5) is 0 Å². The molecular formula is C15H29N3OS2. The second-order valence-electron chi connectivity index (χ2n) is 5.95. The van der Waals surface area contributed by atoms with Gasteiger partial charge in [-0.3, -0.25) is 4.99 Å². The van der Waals surface area contributed by atoms with E-state index in [0.29, 0.717) is 12.6 Å². The average molecular weight is 332 g/mol. The molecule has 0 amide bonds. The van der Waals surface area contributed by atoms with Crippen molar-refractivity contribution in [2.75, 3.05) is 30.3 Å². The van der Waals surface area contributed by atoms with E-state index in [-0.39, 0.29) is 0 Å². The molecule has 4 nitrogen and oxygen atoms in total. The smallest absolute Gasteiger partial charge is 0.191 e. The van der Waals surface area contributed by atoms with Crippen molar-refractivity contribution in [1.29, 1.82) is 0 Å². The summed E-state index contributed by atoms with van der Waals surface area (Å²) < 4.78 is 0. The number of hydrogen-bond donors (Lipinski definition) is 3. The van der Waals surface area contributed by atoms with Crippen LogP contribution in [0.2, 0.25) is 0 Å². The molecule has 6 heteroatoms. The molecule has 1 heterocycles. The zero-order chi connectivity index (χ0) is 15.1. The van der Waals surface area contributed by atoms with Gasteiger partial charge in [0.1, 0.15) is 0 Å². The number of hydrogen-bond acceptors (Lipinski definition) is 4. The standard InChI is InChI=1S/C15H29N3OS2/c1-3-16-14(17-10-15(19)7-8-20-11-15)18-12-5-6-13(9-12)21-4-2/h12-13,19H,3-11H2,1-2H3,(H2,16,17,18). The summed E-state index contributed by atoms with van der Waals surface area (Å²) in [5.74, 6) is 3.94. The average Bonchev–Trinajstić information content (AvgIpc) is 3.07. The Bertz CT molecular complexity index is 346. The Morgan fingerprint density at radius 3 is 2.95 bits per heavy atom. The van der Waals surface area contributed by atoms with Crippen LogP contribution in [0.3, 0.4) is 0 Å². The number of aliphatic imine (C=N–C) groups is 1. The van der Waals surface area contributed by atoms with Gasteiger partial charge in [-0.1, -0.05) is 6.92 Å². The number of thioether (sulfide) groups is 2. The van der Waals surface area contributed by atoms with Gasteiger partial charge in [-0.2, -0.15) is 23.5 Å². The Kier molecular flexibility index (Phi) is 7.02. The quantitative estimate of drug-likeness (QED) is 0.514. The van der Waals surface area contributed by atoms with E-state index in [4.69, 9.17) is 0 Å². The van der Waals surface area contributed by atoms with Crippen molar-refractivity contribution < 1.29 is 5.11 Å². The lowest BCUT2D eigenvalue weighted by molar-refractivity contribution is 0.0778. The Balaban J connectivity index is 1.84. The van der Waals surface area contributed by atoms with Crippen LogP contribution in [-0.2, 0) is 0 Å². The predicted molar refractivity (Wildman–Crippen MR) is 95.6 cm³/mol. The topological polar surface area (TPSA) is 56.7 Å². The van der Waals surface area contributed by atoms with Crippen LogP contribution in [0.25, 0.3) is 0 Å². The van der Waals surface area contributed by atoms with E-state index < -0.39 is 5.60 Å². The molecule has 1 saturated heterocycles. The lowest BCUT2D eigenvalue weighted by Crippen LogP contribution is -2.44. The number of nitrogens with zero attached hydrogens (tertiary/aromatic N) is 1. The molecular weight excluding hydrogens is 302 g/mol. The number of aliphatic hydroxyl groups is 1. The first kappa shape index (κ1) is 17.3. The SMILES string of the molecule is CCNC(=NCC1(O)CCSC1)NC1CCC(SCC)C1. The molecule has 1 saturated carbocycles. The van der Waals surface area contributed by atoms with Crippen LogP contribution in [0.15, 0.2) is 4.99 Å². The maximum Gasteiger partial charge on any atom is 0.191 e. The molecule has 2 fully saturated rings. The van der Waals surface area contributed by atoms with Crippen molar-refractivity contribution >= 4 is 29.5 Å². The molecule has 0 bridgehead atoms. The van der Waals surface area contributed by atoms with Crippen molar-refractivity contribution in [3.63, 3.8) is 0 Å².